The van der Waals surface area contributed by atoms with E-state index in [0.29, 0.717) is 12.5 Å². The van der Waals surface area contributed by atoms with Crippen molar-refractivity contribution >= 4 is 6.03 Å². The van der Waals surface area contributed by atoms with E-state index in [1.54, 1.807) is 0 Å². The summed E-state index contributed by atoms with van der Waals surface area (Å²) in [6.07, 6.45) is 2.89. The van der Waals surface area contributed by atoms with Gasteiger partial charge in [-0.15, -0.1) is 0 Å². The predicted octanol–water partition coefficient (Wildman–Crippen LogP) is 2.34. The summed E-state index contributed by atoms with van der Waals surface area (Å²) in [6, 6.07) is 8.08. The van der Waals surface area contributed by atoms with Gasteiger partial charge in [0.2, 0.25) is 0 Å². The van der Waals surface area contributed by atoms with Gasteiger partial charge in [-0.2, -0.15) is 0 Å². The highest BCUT2D eigenvalue weighted by Gasteiger charge is 2.17. The highest BCUT2D eigenvalue weighted by atomic mass is 16.5. The molecule has 1 atom stereocenters. The molecule has 0 saturated heterocycles. The molecule has 1 aliphatic heterocycles. The second-order valence-electron chi connectivity index (χ2n) is 4.95. The number of urea groups is 1. The van der Waals surface area contributed by atoms with Crippen LogP contribution in [-0.4, -0.2) is 25.7 Å². The van der Waals surface area contributed by atoms with Crippen LogP contribution < -0.4 is 15.4 Å². The van der Waals surface area contributed by atoms with Crippen molar-refractivity contribution in [2.24, 2.45) is 5.92 Å². The molecular formula is C15H22N2O2. The molecular weight excluding hydrogens is 240 g/mol. The van der Waals surface area contributed by atoms with Gasteiger partial charge in [0.05, 0.1) is 6.61 Å². The van der Waals surface area contributed by atoms with E-state index in [2.05, 4.69) is 16.7 Å². The molecule has 0 aromatic heterocycles. The van der Waals surface area contributed by atoms with E-state index in [0.717, 1.165) is 38.2 Å². The average Bonchev–Trinajstić information content (AvgIpc) is 2.64. The van der Waals surface area contributed by atoms with Crippen LogP contribution in [0.3, 0.4) is 0 Å². The Morgan fingerprint density at radius 3 is 3.05 bits per heavy atom. The number of carbonyl (C=O) groups is 1. The second-order valence-corrected chi connectivity index (χ2v) is 4.95. The Bertz CT molecular complexity index is 420. The molecule has 1 aromatic carbocycles. The molecule has 4 heteroatoms. The molecule has 2 amide bonds. The third-order valence-electron chi connectivity index (χ3n) is 3.35. The number of hydrogen-bond donors (Lipinski definition) is 2. The van der Waals surface area contributed by atoms with E-state index < -0.39 is 0 Å². The van der Waals surface area contributed by atoms with Crippen molar-refractivity contribution in [3.8, 4) is 5.75 Å². The van der Waals surface area contributed by atoms with Crippen molar-refractivity contribution in [2.75, 3.05) is 19.7 Å². The smallest absolute Gasteiger partial charge is 0.314 e. The number of para-hydroxylation sites is 1. The topological polar surface area (TPSA) is 50.4 Å². The average molecular weight is 262 g/mol. The van der Waals surface area contributed by atoms with E-state index >= 15 is 0 Å². The number of ether oxygens (including phenoxy) is 1. The van der Waals surface area contributed by atoms with Gasteiger partial charge in [-0.3, -0.25) is 0 Å². The fourth-order valence-electron chi connectivity index (χ4n) is 2.27. The van der Waals surface area contributed by atoms with Gasteiger partial charge >= 0.3 is 6.03 Å². The van der Waals surface area contributed by atoms with E-state index in [9.17, 15) is 4.79 Å². The molecule has 104 valence electrons. The number of fused-ring (bicyclic) bond motifs is 1. The molecule has 2 N–H and O–H groups in total. The SMILES string of the molecule is CCCNC(=O)NC[C@H]1CCOc2ccccc2C1. The van der Waals surface area contributed by atoms with E-state index in [-0.39, 0.29) is 6.03 Å². The lowest BCUT2D eigenvalue weighted by Crippen LogP contribution is -2.39. The van der Waals surface area contributed by atoms with Crippen LogP contribution in [0.5, 0.6) is 5.75 Å². The van der Waals surface area contributed by atoms with Crippen molar-refractivity contribution in [1.29, 1.82) is 0 Å². The summed E-state index contributed by atoms with van der Waals surface area (Å²) in [5.74, 6) is 1.43. The Hall–Kier alpha value is -1.71. The number of rotatable bonds is 4. The van der Waals surface area contributed by atoms with E-state index in [4.69, 9.17) is 4.74 Å². The number of carbonyl (C=O) groups excluding carboxylic acids is 1. The molecule has 0 aliphatic carbocycles. The quantitative estimate of drug-likeness (QED) is 0.875. The summed E-state index contributed by atoms with van der Waals surface area (Å²) in [5.41, 5.74) is 1.24. The normalized spacial score (nSPS) is 17.8. The van der Waals surface area contributed by atoms with Crippen molar-refractivity contribution in [3.05, 3.63) is 29.8 Å². The van der Waals surface area contributed by atoms with Crippen LogP contribution in [0.4, 0.5) is 4.79 Å². The third-order valence-corrected chi connectivity index (χ3v) is 3.35. The van der Waals surface area contributed by atoms with Crippen LogP contribution in [0.2, 0.25) is 0 Å². The molecule has 0 radical (unpaired) electrons. The van der Waals surface area contributed by atoms with Crippen molar-refractivity contribution in [3.63, 3.8) is 0 Å². The van der Waals surface area contributed by atoms with Crippen LogP contribution in [0.1, 0.15) is 25.3 Å². The summed E-state index contributed by atoms with van der Waals surface area (Å²) >= 11 is 0. The first kappa shape index (κ1) is 13.7. The van der Waals surface area contributed by atoms with E-state index in [1.807, 2.05) is 25.1 Å². The lowest BCUT2D eigenvalue weighted by Gasteiger charge is -2.14. The Morgan fingerprint density at radius 2 is 2.21 bits per heavy atom. The van der Waals surface area contributed by atoms with Crippen LogP contribution in [0.15, 0.2) is 24.3 Å². The minimum atomic E-state index is -0.0692. The zero-order valence-electron chi connectivity index (χ0n) is 11.4. The van der Waals surface area contributed by atoms with Crippen molar-refractivity contribution < 1.29 is 9.53 Å². The van der Waals surface area contributed by atoms with Crippen molar-refractivity contribution in [2.45, 2.75) is 26.2 Å². The fraction of sp³-hybridized carbons (Fsp3) is 0.533. The molecule has 1 aliphatic rings. The first-order valence-electron chi connectivity index (χ1n) is 7.02. The number of hydrogen-bond acceptors (Lipinski definition) is 2. The minimum absolute atomic E-state index is 0.0692. The van der Waals surface area contributed by atoms with Gasteiger partial charge in [0.1, 0.15) is 5.75 Å². The maximum Gasteiger partial charge on any atom is 0.314 e. The van der Waals surface area contributed by atoms with Crippen LogP contribution in [0.25, 0.3) is 0 Å². The fourth-order valence-corrected chi connectivity index (χ4v) is 2.27. The number of amides is 2. The predicted molar refractivity (Wildman–Crippen MR) is 75.4 cm³/mol. The highest BCUT2D eigenvalue weighted by Crippen LogP contribution is 2.26. The van der Waals surface area contributed by atoms with Gasteiger partial charge in [-0.25, -0.2) is 4.79 Å². The zero-order valence-corrected chi connectivity index (χ0v) is 11.4. The molecule has 1 heterocycles. The lowest BCUT2D eigenvalue weighted by molar-refractivity contribution is 0.236. The monoisotopic (exact) mass is 262 g/mol. The van der Waals surface area contributed by atoms with Gasteiger partial charge in [0, 0.05) is 13.1 Å². The largest absolute Gasteiger partial charge is 0.493 e. The van der Waals surface area contributed by atoms with Gasteiger partial charge in [-0.1, -0.05) is 25.1 Å². The first-order valence-corrected chi connectivity index (χ1v) is 7.02. The van der Waals surface area contributed by atoms with Crippen LogP contribution in [-0.2, 0) is 6.42 Å². The maximum absolute atomic E-state index is 11.5. The highest BCUT2D eigenvalue weighted by molar-refractivity contribution is 5.73. The van der Waals surface area contributed by atoms with E-state index in [1.165, 1.54) is 5.56 Å². The lowest BCUT2D eigenvalue weighted by atomic mass is 9.97. The Labute approximate surface area is 114 Å². The third kappa shape index (κ3) is 4.16. The molecule has 0 unspecified atom stereocenters. The number of benzene rings is 1. The van der Waals surface area contributed by atoms with Crippen LogP contribution in [0, 0.1) is 5.92 Å². The Morgan fingerprint density at radius 1 is 1.37 bits per heavy atom. The molecule has 0 fully saturated rings. The molecule has 0 spiro atoms. The summed E-state index contributed by atoms with van der Waals surface area (Å²) in [7, 11) is 0. The molecule has 0 bridgehead atoms. The van der Waals surface area contributed by atoms with Gasteiger partial charge in [0.15, 0.2) is 0 Å². The molecule has 19 heavy (non-hydrogen) atoms. The Balaban J connectivity index is 1.84. The summed E-state index contributed by atoms with van der Waals surface area (Å²) in [5, 5.41) is 5.77. The van der Waals surface area contributed by atoms with Gasteiger partial charge in [-0.05, 0) is 36.8 Å². The van der Waals surface area contributed by atoms with Gasteiger partial charge < -0.3 is 15.4 Å². The van der Waals surface area contributed by atoms with Crippen LogP contribution >= 0.6 is 0 Å². The second kappa shape index (κ2) is 7.02. The summed E-state index contributed by atoms with van der Waals surface area (Å²) < 4.78 is 5.72. The van der Waals surface area contributed by atoms with Gasteiger partial charge in [0.25, 0.3) is 0 Å². The molecule has 0 saturated carbocycles. The number of nitrogens with one attached hydrogen (secondary N) is 2. The first-order chi connectivity index (χ1) is 9.29. The van der Waals surface area contributed by atoms with Crippen molar-refractivity contribution in [1.82, 2.24) is 10.6 Å². The standard InChI is InChI=1S/C15H22N2O2/c1-2-8-16-15(18)17-11-12-7-9-19-14-6-4-3-5-13(14)10-12/h3-6,12H,2,7-11H2,1H3,(H2,16,17,18)/t12-/m0/s1. The summed E-state index contributed by atoms with van der Waals surface area (Å²) in [6.45, 7) is 4.19. The maximum atomic E-state index is 11.5. The zero-order chi connectivity index (χ0) is 13.5. The minimum Gasteiger partial charge on any atom is -0.493 e. The summed E-state index contributed by atoms with van der Waals surface area (Å²) in [4.78, 5) is 11.5. The molecule has 2 rings (SSSR count). The Kier molecular flexibility index (Phi) is 5.07. The molecule has 1 aromatic rings. The molecule has 4 nitrogen and oxygen atoms in total.